The molecule has 1 saturated heterocycles. The van der Waals surface area contributed by atoms with Gasteiger partial charge in [0.25, 0.3) is 0 Å². The van der Waals surface area contributed by atoms with Gasteiger partial charge >= 0.3 is 0 Å². The van der Waals surface area contributed by atoms with E-state index in [0.29, 0.717) is 6.10 Å². The molecule has 2 nitrogen and oxygen atoms in total. The fourth-order valence-corrected chi connectivity index (χ4v) is 2.44. The molecular formula is C17H19NO. The topological polar surface area (TPSA) is 15.8 Å². The molecule has 1 fully saturated rings. The molecule has 0 bridgehead atoms. The van der Waals surface area contributed by atoms with Gasteiger partial charge in [-0.05, 0) is 37.1 Å². The summed E-state index contributed by atoms with van der Waals surface area (Å²) in [5.41, 5.74) is 5.14. The minimum absolute atomic E-state index is 0.374. The van der Waals surface area contributed by atoms with Crippen molar-refractivity contribution >= 4 is 11.4 Å². The molecule has 2 aromatic rings. The van der Waals surface area contributed by atoms with E-state index < -0.39 is 0 Å². The van der Waals surface area contributed by atoms with Crippen molar-refractivity contribution in [3.05, 3.63) is 59.7 Å². The van der Waals surface area contributed by atoms with E-state index in [1.54, 1.807) is 0 Å². The Hall–Kier alpha value is -1.80. The number of epoxide rings is 1. The molecule has 2 heteroatoms. The Labute approximate surface area is 114 Å². The molecule has 0 aromatic heterocycles. The molecule has 1 aliphatic heterocycles. The van der Waals surface area contributed by atoms with Gasteiger partial charge in [-0.25, -0.2) is 0 Å². The maximum absolute atomic E-state index is 5.42. The average Bonchev–Trinajstić information content (AvgIpc) is 3.22. The summed E-state index contributed by atoms with van der Waals surface area (Å²) < 4.78 is 5.42. The second-order valence-electron chi connectivity index (χ2n) is 5.14. The lowest BCUT2D eigenvalue weighted by Crippen LogP contribution is -2.23. The zero-order chi connectivity index (χ0) is 13.2. The Morgan fingerprint density at radius 3 is 1.84 bits per heavy atom. The van der Waals surface area contributed by atoms with Crippen molar-refractivity contribution in [3.8, 4) is 0 Å². The molecular weight excluding hydrogens is 234 g/mol. The van der Waals surface area contributed by atoms with Gasteiger partial charge in [0.2, 0.25) is 0 Å². The highest BCUT2D eigenvalue weighted by Crippen LogP contribution is 2.32. The third kappa shape index (κ3) is 2.64. The first-order valence-corrected chi connectivity index (χ1v) is 6.76. The molecule has 1 atom stereocenters. The summed E-state index contributed by atoms with van der Waals surface area (Å²) in [5, 5.41) is 0. The smallest absolute Gasteiger partial charge is 0.0988 e. The van der Waals surface area contributed by atoms with Crippen LogP contribution in [0.25, 0.3) is 0 Å². The highest BCUT2D eigenvalue weighted by molar-refractivity contribution is 5.68. The first kappa shape index (κ1) is 12.2. The van der Waals surface area contributed by atoms with Gasteiger partial charge in [-0.3, -0.25) is 0 Å². The van der Waals surface area contributed by atoms with Crippen LogP contribution >= 0.6 is 0 Å². The Morgan fingerprint density at radius 2 is 1.42 bits per heavy atom. The lowest BCUT2D eigenvalue weighted by molar-refractivity contribution is 0.411. The van der Waals surface area contributed by atoms with Crippen LogP contribution in [0.4, 0.5) is 11.4 Å². The zero-order valence-corrected chi connectivity index (χ0v) is 11.5. The molecule has 3 rings (SSSR count). The Bertz CT molecular complexity index is 529. The first-order valence-electron chi connectivity index (χ1n) is 6.76. The lowest BCUT2D eigenvalue weighted by Gasteiger charge is -2.27. The highest BCUT2D eigenvalue weighted by atomic mass is 16.6. The second kappa shape index (κ2) is 5.06. The number of nitrogens with zero attached hydrogens (tertiary/aromatic N) is 1. The van der Waals surface area contributed by atoms with Gasteiger partial charge in [-0.1, -0.05) is 36.4 Å². The minimum atomic E-state index is 0.374. The molecule has 0 saturated carbocycles. The second-order valence-corrected chi connectivity index (χ2v) is 5.14. The summed E-state index contributed by atoms with van der Waals surface area (Å²) in [5.74, 6) is 0. The number of para-hydroxylation sites is 2. The van der Waals surface area contributed by atoms with Crippen molar-refractivity contribution in [2.24, 2.45) is 0 Å². The quantitative estimate of drug-likeness (QED) is 0.769. The van der Waals surface area contributed by atoms with Crippen molar-refractivity contribution in [2.75, 3.05) is 18.1 Å². The predicted molar refractivity (Wildman–Crippen MR) is 79.1 cm³/mol. The molecule has 1 aliphatic rings. The number of benzene rings is 2. The molecule has 2 aromatic carbocycles. The van der Waals surface area contributed by atoms with E-state index in [1.807, 2.05) is 0 Å². The van der Waals surface area contributed by atoms with E-state index in [-0.39, 0.29) is 0 Å². The van der Waals surface area contributed by atoms with Crippen molar-refractivity contribution in [1.29, 1.82) is 0 Å². The number of hydrogen-bond donors (Lipinski definition) is 0. The molecule has 1 heterocycles. The molecule has 98 valence electrons. The highest BCUT2D eigenvalue weighted by Gasteiger charge is 2.27. The average molecular weight is 253 g/mol. The fraction of sp³-hybridized carbons (Fsp3) is 0.294. The maximum atomic E-state index is 5.42. The van der Waals surface area contributed by atoms with Crippen molar-refractivity contribution in [3.63, 3.8) is 0 Å². The Balaban J connectivity index is 2.02. The molecule has 0 N–H and O–H groups in total. The van der Waals surface area contributed by atoms with Crippen LogP contribution in [0, 0.1) is 13.8 Å². The van der Waals surface area contributed by atoms with Crippen LogP contribution in [0.15, 0.2) is 48.5 Å². The van der Waals surface area contributed by atoms with Crippen LogP contribution in [0.1, 0.15) is 11.1 Å². The van der Waals surface area contributed by atoms with E-state index in [0.717, 1.165) is 13.2 Å². The molecule has 0 aliphatic carbocycles. The SMILES string of the molecule is Cc1ccccc1N(C[C@@H]1CO1)c1ccccc1C. The zero-order valence-electron chi connectivity index (χ0n) is 11.5. The molecule has 0 radical (unpaired) electrons. The minimum Gasteiger partial charge on any atom is -0.371 e. The van der Waals surface area contributed by atoms with Crippen LogP contribution in [-0.4, -0.2) is 19.3 Å². The van der Waals surface area contributed by atoms with Crippen LogP contribution in [-0.2, 0) is 4.74 Å². The number of rotatable bonds is 4. The summed E-state index contributed by atoms with van der Waals surface area (Å²) in [4.78, 5) is 2.38. The van der Waals surface area contributed by atoms with Crippen LogP contribution in [0.2, 0.25) is 0 Å². The summed E-state index contributed by atoms with van der Waals surface area (Å²) in [7, 11) is 0. The molecule has 0 amide bonds. The Morgan fingerprint density at radius 1 is 0.947 bits per heavy atom. The monoisotopic (exact) mass is 253 g/mol. The van der Waals surface area contributed by atoms with Gasteiger partial charge < -0.3 is 9.64 Å². The standard InChI is InChI=1S/C17H19NO/c1-13-7-3-5-9-16(13)18(11-15-12-19-15)17-10-6-4-8-14(17)2/h3-10,15H,11-12H2,1-2H3/t15-/m1/s1. The van der Waals surface area contributed by atoms with Crippen molar-refractivity contribution < 1.29 is 4.74 Å². The number of aryl methyl sites for hydroxylation is 2. The van der Waals surface area contributed by atoms with Crippen molar-refractivity contribution in [2.45, 2.75) is 20.0 Å². The molecule has 0 spiro atoms. The summed E-state index contributed by atoms with van der Waals surface area (Å²) in [6.07, 6.45) is 0.374. The third-order valence-electron chi connectivity index (χ3n) is 3.60. The van der Waals surface area contributed by atoms with Gasteiger partial charge in [0.05, 0.1) is 19.3 Å². The summed E-state index contributed by atoms with van der Waals surface area (Å²) in [6.45, 7) is 6.13. The maximum Gasteiger partial charge on any atom is 0.0988 e. The normalized spacial score (nSPS) is 17.3. The van der Waals surface area contributed by atoms with Gasteiger partial charge in [-0.15, -0.1) is 0 Å². The number of ether oxygens (including phenoxy) is 1. The fourth-order valence-electron chi connectivity index (χ4n) is 2.44. The number of anilines is 2. The summed E-state index contributed by atoms with van der Waals surface area (Å²) in [6, 6.07) is 17.1. The van der Waals surface area contributed by atoms with Crippen LogP contribution in [0.3, 0.4) is 0 Å². The third-order valence-corrected chi connectivity index (χ3v) is 3.60. The lowest BCUT2D eigenvalue weighted by atomic mass is 10.1. The van der Waals surface area contributed by atoms with E-state index in [4.69, 9.17) is 4.74 Å². The van der Waals surface area contributed by atoms with Crippen molar-refractivity contribution in [1.82, 2.24) is 0 Å². The molecule has 19 heavy (non-hydrogen) atoms. The summed E-state index contributed by atoms with van der Waals surface area (Å²) >= 11 is 0. The Kier molecular flexibility index (Phi) is 3.26. The van der Waals surface area contributed by atoms with Gasteiger partial charge in [0.1, 0.15) is 0 Å². The predicted octanol–water partition coefficient (Wildman–Crippen LogP) is 3.84. The first-order chi connectivity index (χ1) is 9.25. The van der Waals surface area contributed by atoms with E-state index >= 15 is 0 Å². The van der Waals surface area contributed by atoms with E-state index in [2.05, 4.69) is 67.3 Å². The largest absolute Gasteiger partial charge is 0.371 e. The van der Waals surface area contributed by atoms with Gasteiger partial charge in [0, 0.05) is 11.4 Å². The number of hydrogen-bond acceptors (Lipinski definition) is 2. The van der Waals surface area contributed by atoms with Gasteiger partial charge in [0.15, 0.2) is 0 Å². The van der Waals surface area contributed by atoms with Crippen LogP contribution < -0.4 is 4.90 Å². The van der Waals surface area contributed by atoms with E-state index in [9.17, 15) is 0 Å². The van der Waals surface area contributed by atoms with E-state index in [1.165, 1.54) is 22.5 Å². The molecule has 0 unspecified atom stereocenters. The van der Waals surface area contributed by atoms with Crippen LogP contribution in [0.5, 0.6) is 0 Å². The van der Waals surface area contributed by atoms with Gasteiger partial charge in [-0.2, -0.15) is 0 Å².